The molecule has 10 heteroatoms. The van der Waals surface area contributed by atoms with Gasteiger partial charge in [0.15, 0.2) is 5.16 Å². The van der Waals surface area contributed by atoms with Gasteiger partial charge < -0.3 is 0 Å². The van der Waals surface area contributed by atoms with Crippen LogP contribution < -0.4 is 4.72 Å². The average Bonchev–Trinajstić information content (AvgIpc) is 2.22. The van der Waals surface area contributed by atoms with Gasteiger partial charge in [0.05, 0.1) is 6.26 Å². The van der Waals surface area contributed by atoms with Crippen LogP contribution in [0.15, 0.2) is 17.4 Å². The first-order valence-corrected chi connectivity index (χ1v) is 7.54. The monoisotopic (exact) mass is 301 g/mol. The molecule has 0 aliphatic carbocycles. The van der Waals surface area contributed by atoms with Crippen LogP contribution in [-0.4, -0.2) is 36.9 Å². The fourth-order valence-corrected chi connectivity index (χ4v) is 2.22. The summed E-state index contributed by atoms with van der Waals surface area (Å²) in [5.74, 6) is 0.244. The first-order valence-electron chi connectivity index (χ1n) is 4.66. The van der Waals surface area contributed by atoms with Crippen LogP contribution in [0, 0.1) is 0 Å². The van der Waals surface area contributed by atoms with Gasteiger partial charge in [-0.1, -0.05) is 11.8 Å². The van der Waals surface area contributed by atoms with Gasteiger partial charge in [-0.25, -0.2) is 23.1 Å². The molecule has 0 amide bonds. The van der Waals surface area contributed by atoms with Crippen LogP contribution in [0.25, 0.3) is 0 Å². The van der Waals surface area contributed by atoms with Crippen LogP contribution >= 0.6 is 11.8 Å². The minimum absolute atomic E-state index is 0.0415. The van der Waals surface area contributed by atoms with Gasteiger partial charge in [0, 0.05) is 18.5 Å². The number of hydrogen-bond donors (Lipinski definition) is 1. The molecule has 1 heterocycles. The molecule has 0 bridgehead atoms. The number of hydrogen-bond acceptors (Lipinski definition) is 5. The number of aromatic nitrogens is 2. The second-order valence-electron chi connectivity index (χ2n) is 3.24. The van der Waals surface area contributed by atoms with Crippen molar-refractivity contribution in [2.75, 3.05) is 18.6 Å². The molecule has 0 saturated carbocycles. The molecule has 1 aromatic rings. The van der Waals surface area contributed by atoms with Crippen molar-refractivity contribution in [3.05, 3.63) is 18.0 Å². The Morgan fingerprint density at radius 1 is 1.44 bits per heavy atom. The summed E-state index contributed by atoms with van der Waals surface area (Å²) in [5.41, 5.74) is -1.02. The Kier molecular flexibility index (Phi) is 4.93. The summed E-state index contributed by atoms with van der Waals surface area (Å²) in [4.78, 5) is 6.99. The second kappa shape index (κ2) is 5.85. The molecular formula is C8H10F3N3O2S2. The molecule has 1 rings (SSSR count). The molecular weight excluding hydrogens is 291 g/mol. The third-order valence-electron chi connectivity index (χ3n) is 1.62. The number of thioether (sulfide) groups is 1. The molecule has 102 valence electrons. The lowest BCUT2D eigenvalue weighted by atomic mass is 10.4. The molecule has 0 atom stereocenters. The Morgan fingerprint density at radius 2 is 2.11 bits per heavy atom. The maximum absolute atomic E-state index is 12.3. The third kappa shape index (κ3) is 5.65. The van der Waals surface area contributed by atoms with Crippen molar-refractivity contribution in [1.82, 2.24) is 14.7 Å². The molecule has 0 saturated heterocycles. The van der Waals surface area contributed by atoms with Crippen molar-refractivity contribution in [1.29, 1.82) is 0 Å². The van der Waals surface area contributed by atoms with Crippen LogP contribution in [0.5, 0.6) is 0 Å². The van der Waals surface area contributed by atoms with E-state index >= 15 is 0 Å². The minimum atomic E-state index is -4.51. The molecule has 1 aromatic heterocycles. The number of nitrogens with one attached hydrogen (secondary N) is 1. The smallest absolute Gasteiger partial charge is 0.231 e. The summed E-state index contributed by atoms with van der Waals surface area (Å²) in [5, 5.41) is -0.0415. The number of halogens is 3. The van der Waals surface area contributed by atoms with Crippen LogP contribution in [-0.2, 0) is 16.2 Å². The van der Waals surface area contributed by atoms with Crippen LogP contribution in [0.3, 0.4) is 0 Å². The van der Waals surface area contributed by atoms with Gasteiger partial charge in [-0.2, -0.15) is 13.2 Å². The van der Waals surface area contributed by atoms with Crippen LogP contribution in [0.4, 0.5) is 13.2 Å². The summed E-state index contributed by atoms with van der Waals surface area (Å²) in [6.07, 6.45) is -2.50. The largest absolute Gasteiger partial charge is 0.433 e. The van der Waals surface area contributed by atoms with E-state index in [9.17, 15) is 21.6 Å². The van der Waals surface area contributed by atoms with Crippen molar-refractivity contribution in [2.24, 2.45) is 0 Å². The van der Waals surface area contributed by atoms with Gasteiger partial charge >= 0.3 is 6.18 Å². The zero-order valence-corrected chi connectivity index (χ0v) is 10.9. The highest BCUT2D eigenvalue weighted by Gasteiger charge is 2.32. The summed E-state index contributed by atoms with van der Waals surface area (Å²) in [7, 11) is -3.29. The highest BCUT2D eigenvalue weighted by atomic mass is 32.2. The molecule has 18 heavy (non-hydrogen) atoms. The summed E-state index contributed by atoms with van der Waals surface area (Å²) in [6, 6.07) is 0.777. The lowest BCUT2D eigenvalue weighted by Gasteiger charge is -2.06. The van der Waals surface area contributed by atoms with E-state index in [4.69, 9.17) is 0 Å². The maximum atomic E-state index is 12.3. The number of alkyl halides is 3. The number of rotatable bonds is 5. The molecule has 0 spiro atoms. The maximum Gasteiger partial charge on any atom is 0.433 e. The molecule has 1 N–H and O–H groups in total. The van der Waals surface area contributed by atoms with Crippen LogP contribution in [0.2, 0.25) is 0 Å². The van der Waals surface area contributed by atoms with E-state index < -0.39 is 21.9 Å². The molecule has 5 nitrogen and oxygen atoms in total. The van der Waals surface area contributed by atoms with E-state index in [-0.39, 0.29) is 17.5 Å². The molecule has 0 aliphatic heterocycles. The Labute approximate surface area is 106 Å². The van der Waals surface area contributed by atoms with Gasteiger partial charge in [-0.05, 0) is 6.07 Å². The van der Waals surface area contributed by atoms with Gasteiger partial charge in [0.1, 0.15) is 5.69 Å². The Balaban J connectivity index is 2.53. The van der Waals surface area contributed by atoms with Gasteiger partial charge in [-0.3, -0.25) is 0 Å². The summed E-state index contributed by atoms with van der Waals surface area (Å²) in [6.45, 7) is 0.100. The fraction of sp³-hybridized carbons (Fsp3) is 0.500. The SMILES string of the molecule is CS(=O)(=O)NCCSc1nccc(C(F)(F)F)n1. The van der Waals surface area contributed by atoms with E-state index in [2.05, 4.69) is 14.7 Å². The zero-order chi connectivity index (χ0) is 13.8. The van der Waals surface area contributed by atoms with E-state index in [1.165, 1.54) is 0 Å². The highest BCUT2D eigenvalue weighted by Crippen LogP contribution is 2.28. The molecule has 0 fully saturated rings. The summed E-state index contributed by atoms with van der Waals surface area (Å²) < 4.78 is 60.6. The van der Waals surface area contributed by atoms with E-state index in [1.807, 2.05) is 0 Å². The van der Waals surface area contributed by atoms with Gasteiger partial charge in [0.2, 0.25) is 10.0 Å². The minimum Gasteiger partial charge on any atom is -0.231 e. The van der Waals surface area contributed by atoms with E-state index in [0.29, 0.717) is 0 Å². The Bertz CT molecular complexity index is 505. The predicted molar refractivity (Wildman–Crippen MR) is 60.6 cm³/mol. The van der Waals surface area contributed by atoms with Crippen molar-refractivity contribution >= 4 is 21.8 Å². The molecule has 0 aliphatic rings. The fourth-order valence-electron chi connectivity index (χ4n) is 0.938. The lowest BCUT2D eigenvalue weighted by molar-refractivity contribution is -0.141. The van der Waals surface area contributed by atoms with Gasteiger partial charge in [-0.15, -0.1) is 0 Å². The highest BCUT2D eigenvalue weighted by molar-refractivity contribution is 7.99. The molecule has 0 unspecified atom stereocenters. The van der Waals surface area contributed by atoms with Crippen molar-refractivity contribution in [2.45, 2.75) is 11.3 Å². The first kappa shape index (κ1) is 15.2. The first-order chi connectivity index (χ1) is 8.18. The molecule has 0 radical (unpaired) electrons. The number of nitrogens with zero attached hydrogens (tertiary/aromatic N) is 2. The standard InChI is InChI=1S/C8H10F3N3O2S2/c1-18(15,16)13-4-5-17-7-12-3-2-6(14-7)8(9,10)11/h2-3,13H,4-5H2,1H3. The second-order valence-corrected chi connectivity index (χ2v) is 6.13. The van der Waals surface area contributed by atoms with Crippen LogP contribution in [0.1, 0.15) is 5.69 Å². The summed E-state index contributed by atoms with van der Waals surface area (Å²) >= 11 is 0.942. The average molecular weight is 301 g/mol. The Morgan fingerprint density at radius 3 is 2.67 bits per heavy atom. The zero-order valence-electron chi connectivity index (χ0n) is 9.23. The lowest BCUT2D eigenvalue weighted by Crippen LogP contribution is -2.24. The molecule has 0 aromatic carbocycles. The predicted octanol–water partition coefficient (Wildman–Crippen LogP) is 1.14. The normalized spacial score (nSPS) is 12.7. The van der Waals surface area contributed by atoms with Crippen molar-refractivity contribution in [3.8, 4) is 0 Å². The van der Waals surface area contributed by atoms with E-state index in [1.54, 1.807) is 0 Å². The topological polar surface area (TPSA) is 72.0 Å². The Hall–Kier alpha value is -0.870. The quantitative estimate of drug-likeness (QED) is 0.501. The van der Waals surface area contributed by atoms with Crippen molar-refractivity contribution < 1.29 is 21.6 Å². The van der Waals surface area contributed by atoms with E-state index in [0.717, 1.165) is 30.3 Å². The van der Waals surface area contributed by atoms with Crippen molar-refractivity contribution in [3.63, 3.8) is 0 Å². The number of sulfonamides is 1. The van der Waals surface area contributed by atoms with Gasteiger partial charge in [0.25, 0.3) is 0 Å². The third-order valence-corrected chi connectivity index (χ3v) is 3.21.